The van der Waals surface area contributed by atoms with E-state index >= 15 is 0 Å². The van der Waals surface area contributed by atoms with Gasteiger partial charge in [0.25, 0.3) is 0 Å². The lowest BCUT2D eigenvalue weighted by atomic mass is 9.99. The van der Waals surface area contributed by atoms with Gasteiger partial charge in [-0.05, 0) is 30.7 Å². The topological polar surface area (TPSA) is 73.8 Å². The summed E-state index contributed by atoms with van der Waals surface area (Å²) in [6, 6.07) is 15.3. The van der Waals surface area contributed by atoms with Crippen molar-refractivity contribution in [1.29, 1.82) is 0 Å². The number of benzene rings is 2. The van der Waals surface area contributed by atoms with Gasteiger partial charge >= 0.3 is 0 Å². The Morgan fingerprint density at radius 2 is 1.20 bits per heavy atom. The molecular weight excluding hydrogens is 452 g/mol. The van der Waals surface area contributed by atoms with Gasteiger partial charge in [0.15, 0.2) is 23.0 Å². The van der Waals surface area contributed by atoms with Crippen molar-refractivity contribution in [2.24, 2.45) is 0 Å². The van der Waals surface area contributed by atoms with Gasteiger partial charge in [0, 0.05) is 7.11 Å². The summed E-state index contributed by atoms with van der Waals surface area (Å²) < 4.78 is 47.1. The first-order chi connectivity index (χ1) is 17.3. The summed E-state index contributed by atoms with van der Waals surface area (Å²) >= 11 is 0. The zero-order valence-corrected chi connectivity index (χ0v) is 20.9. The number of hydrogen-bond acceptors (Lipinski definition) is 8. The van der Waals surface area contributed by atoms with E-state index in [0.717, 1.165) is 12.8 Å². The molecule has 0 N–H and O–H groups in total. The molecule has 0 saturated heterocycles. The van der Waals surface area contributed by atoms with Crippen LogP contribution >= 0.6 is 0 Å². The standard InChI is InChI=1S/C27H38O8/c1-3-12-27(35-20-17-29-14-13-28-2)21-33-25-10-6-4-8-23(25)31-18-15-30-16-19-32-24-9-5-7-11-26(24)34-22-27/h4-11H,3,12-22H2,1-2H3. The molecule has 0 aliphatic carbocycles. The molecule has 2 aromatic carbocycles. The molecule has 0 spiro atoms. The molecule has 0 saturated carbocycles. The molecule has 8 heteroatoms. The van der Waals surface area contributed by atoms with E-state index < -0.39 is 5.60 Å². The van der Waals surface area contributed by atoms with E-state index in [1.807, 2.05) is 48.5 Å². The molecule has 8 nitrogen and oxygen atoms in total. The zero-order chi connectivity index (χ0) is 24.6. The van der Waals surface area contributed by atoms with Crippen LogP contribution in [-0.2, 0) is 18.9 Å². The number of ether oxygens (including phenoxy) is 8. The molecule has 1 aliphatic rings. The summed E-state index contributed by atoms with van der Waals surface area (Å²) in [5.74, 6) is 2.64. The normalized spacial score (nSPS) is 16.5. The minimum absolute atomic E-state index is 0.290. The van der Waals surface area contributed by atoms with Crippen molar-refractivity contribution < 1.29 is 37.9 Å². The van der Waals surface area contributed by atoms with Crippen molar-refractivity contribution in [3.63, 3.8) is 0 Å². The van der Waals surface area contributed by atoms with Gasteiger partial charge < -0.3 is 37.9 Å². The first-order valence-electron chi connectivity index (χ1n) is 12.2. The minimum Gasteiger partial charge on any atom is -0.487 e. The van der Waals surface area contributed by atoms with Gasteiger partial charge in [-0.3, -0.25) is 0 Å². The minimum atomic E-state index is -0.695. The second kappa shape index (κ2) is 15.5. The maximum absolute atomic E-state index is 6.41. The monoisotopic (exact) mass is 490 g/mol. The molecule has 0 unspecified atom stereocenters. The third kappa shape index (κ3) is 9.22. The fourth-order valence-corrected chi connectivity index (χ4v) is 3.68. The van der Waals surface area contributed by atoms with Gasteiger partial charge in [-0.1, -0.05) is 37.6 Å². The van der Waals surface area contributed by atoms with Crippen LogP contribution in [0.2, 0.25) is 0 Å². The predicted molar refractivity (Wildman–Crippen MR) is 132 cm³/mol. The van der Waals surface area contributed by atoms with Crippen LogP contribution in [0.1, 0.15) is 19.8 Å². The van der Waals surface area contributed by atoms with Gasteiger partial charge in [-0.2, -0.15) is 0 Å². The summed E-state index contributed by atoms with van der Waals surface area (Å²) in [5, 5.41) is 0. The average Bonchev–Trinajstić information content (AvgIpc) is 2.88. The Hall–Kier alpha value is -2.52. The maximum atomic E-state index is 6.41. The smallest absolute Gasteiger partial charge is 0.161 e. The maximum Gasteiger partial charge on any atom is 0.161 e. The summed E-state index contributed by atoms with van der Waals surface area (Å²) in [7, 11) is 1.65. The number of para-hydroxylation sites is 4. The fourth-order valence-electron chi connectivity index (χ4n) is 3.68. The second-order valence-corrected chi connectivity index (χ2v) is 8.17. The van der Waals surface area contributed by atoms with Crippen molar-refractivity contribution in [3.8, 4) is 23.0 Å². The lowest BCUT2D eigenvalue weighted by Crippen LogP contribution is -2.45. The summed E-state index contributed by atoms with van der Waals surface area (Å²) in [5.41, 5.74) is -0.695. The van der Waals surface area contributed by atoms with E-state index in [-0.39, 0.29) is 0 Å². The van der Waals surface area contributed by atoms with E-state index in [1.54, 1.807) is 7.11 Å². The van der Waals surface area contributed by atoms with Crippen molar-refractivity contribution in [2.45, 2.75) is 25.4 Å². The molecule has 194 valence electrons. The summed E-state index contributed by atoms with van der Waals surface area (Å²) in [6.07, 6.45) is 1.63. The number of rotatable bonds is 9. The largest absolute Gasteiger partial charge is 0.487 e. The van der Waals surface area contributed by atoms with Crippen molar-refractivity contribution in [1.82, 2.24) is 0 Å². The molecule has 2 aromatic rings. The van der Waals surface area contributed by atoms with Crippen LogP contribution in [0.15, 0.2) is 48.5 Å². The molecule has 0 bridgehead atoms. The molecule has 35 heavy (non-hydrogen) atoms. The Morgan fingerprint density at radius 3 is 1.71 bits per heavy atom. The molecular formula is C27H38O8. The van der Waals surface area contributed by atoms with Gasteiger partial charge in [-0.25, -0.2) is 0 Å². The second-order valence-electron chi connectivity index (χ2n) is 8.17. The molecule has 0 atom stereocenters. The van der Waals surface area contributed by atoms with Crippen LogP contribution < -0.4 is 18.9 Å². The van der Waals surface area contributed by atoms with E-state index in [1.165, 1.54) is 0 Å². The highest BCUT2D eigenvalue weighted by Gasteiger charge is 2.34. The Balaban J connectivity index is 1.79. The van der Waals surface area contributed by atoms with Crippen molar-refractivity contribution in [3.05, 3.63) is 48.5 Å². The SMILES string of the molecule is CCCC1(OCCOCCOC)COc2ccccc2OCCOCCOc2ccccc2OC1. The van der Waals surface area contributed by atoms with Crippen LogP contribution in [0.3, 0.4) is 0 Å². The summed E-state index contributed by atoms with van der Waals surface area (Å²) in [6.45, 7) is 6.34. The third-order valence-corrected chi connectivity index (χ3v) is 5.42. The number of hydrogen-bond donors (Lipinski definition) is 0. The Bertz CT molecular complexity index is 788. The van der Waals surface area contributed by atoms with Crippen molar-refractivity contribution >= 4 is 0 Å². The van der Waals surface area contributed by atoms with E-state index in [2.05, 4.69) is 6.92 Å². The van der Waals surface area contributed by atoms with Gasteiger partial charge in [-0.15, -0.1) is 0 Å². The van der Waals surface area contributed by atoms with Gasteiger partial charge in [0.2, 0.25) is 0 Å². The van der Waals surface area contributed by atoms with E-state index in [4.69, 9.17) is 37.9 Å². The number of methoxy groups -OCH3 is 1. The van der Waals surface area contributed by atoms with Crippen LogP contribution in [0.5, 0.6) is 23.0 Å². The Labute approximate surface area is 208 Å². The molecule has 0 amide bonds. The van der Waals surface area contributed by atoms with Crippen LogP contribution in [0, 0.1) is 0 Å². The van der Waals surface area contributed by atoms with Crippen LogP contribution in [0.4, 0.5) is 0 Å². The number of fused-ring (bicyclic) bond motifs is 2. The van der Waals surface area contributed by atoms with E-state index in [9.17, 15) is 0 Å². The lowest BCUT2D eigenvalue weighted by Gasteiger charge is -2.34. The van der Waals surface area contributed by atoms with Gasteiger partial charge in [0.05, 0.1) is 39.6 Å². The molecule has 1 heterocycles. The lowest BCUT2D eigenvalue weighted by molar-refractivity contribution is -0.116. The highest BCUT2D eigenvalue weighted by atomic mass is 16.6. The quantitative estimate of drug-likeness (QED) is 0.486. The van der Waals surface area contributed by atoms with Crippen LogP contribution in [-0.4, -0.2) is 78.8 Å². The van der Waals surface area contributed by atoms with Gasteiger partial charge in [0.1, 0.15) is 32.0 Å². The molecule has 0 fully saturated rings. The van der Waals surface area contributed by atoms with Crippen molar-refractivity contribution in [2.75, 3.05) is 73.2 Å². The molecule has 1 aliphatic heterocycles. The average molecular weight is 491 g/mol. The first kappa shape index (κ1) is 27.1. The highest BCUT2D eigenvalue weighted by Crippen LogP contribution is 2.31. The van der Waals surface area contributed by atoms with Crippen LogP contribution in [0.25, 0.3) is 0 Å². The fraction of sp³-hybridized carbons (Fsp3) is 0.556. The first-order valence-corrected chi connectivity index (χ1v) is 12.2. The molecule has 3 rings (SSSR count). The highest BCUT2D eigenvalue weighted by molar-refractivity contribution is 5.40. The predicted octanol–water partition coefficient (Wildman–Crippen LogP) is 4.15. The Kier molecular flexibility index (Phi) is 12.0. The zero-order valence-electron chi connectivity index (χ0n) is 20.9. The summed E-state index contributed by atoms with van der Waals surface area (Å²) in [4.78, 5) is 0. The van der Waals surface area contributed by atoms with E-state index in [0.29, 0.717) is 89.1 Å². The Morgan fingerprint density at radius 1 is 0.686 bits per heavy atom. The third-order valence-electron chi connectivity index (χ3n) is 5.42. The molecule has 0 aromatic heterocycles. The molecule has 0 radical (unpaired) electrons.